The third kappa shape index (κ3) is 378. The first-order valence-corrected chi connectivity index (χ1v) is 4.38. The second-order valence-electron chi connectivity index (χ2n) is 0.894. The maximum absolute atomic E-state index is 8.55. The standard InChI is InChI=1S/Al.La.2H3O4P/c;;2*1-5(2,3)4/h;;2*(H3,1,2,3,4)/q2*+3;;/p-6. The van der Waals surface area contributed by atoms with Gasteiger partial charge in [-0.1, -0.05) is 0 Å². The van der Waals surface area contributed by atoms with Crippen LogP contribution in [0.3, 0.4) is 0 Å². The normalized spacial score (nSPS) is 9.83. The number of hydrogen-bond donors (Lipinski definition) is 0. The minimum Gasteiger partial charge on any atom is -0.822 e. The van der Waals surface area contributed by atoms with Crippen LogP contribution in [0.2, 0.25) is 0 Å². The van der Waals surface area contributed by atoms with Crippen molar-refractivity contribution < 1.29 is 74.1 Å². The van der Waals surface area contributed by atoms with E-state index in [1.54, 1.807) is 0 Å². The Kier molecular flexibility index (Phi) is 18.7. The minimum absolute atomic E-state index is 0. The Hall–Kier alpha value is 1.95. The molecule has 12 heavy (non-hydrogen) atoms. The molecule has 0 fully saturated rings. The fourth-order valence-corrected chi connectivity index (χ4v) is 0. The van der Waals surface area contributed by atoms with Crippen LogP contribution in [0.4, 0.5) is 0 Å². The van der Waals surface area contributed by atoms with Gasteiger partial charge in [0, 0.05) is 0 Å². The molecule has 0 aromatic carbocycles. The second kappa shape index (κ2) is 9.50. The Balaban J connectivity index is -0.0000000457. The summed E-state index contributed by atoms with van der Waals surface area (Å²) in [5.74, 6) is 0. The minimum atomic E-state index is -5.39. The van der Waals surface area contributed by atoms with Crippen LogP contribution in [-0.4, -0.2) is 17.4 Å². The summed E-state index contributed by atoms with van der Waals surface area (Å²) in [4.78, 5) is 51.3. The van der Waals surface area contributed by atoms with E-state index in [4.69, 9.17) is 38.5 Å². The van der Waals surface area contributed by atoms with Gasteiger partial charge in [0.1, 0.15) is 0 Å². The fourth-order valence-electron chi connectivity index (χ4n) is 0. The largest absolute Gasteiger partial charge is 3.00 e. The fraction of sp³-hybridized carbons (Fsp3) is 0. The van der Waals surface area contributed by atoms with Crippen LogP contribution in [-0.2, 0) is 9.13 Å². The summed E-state index contributed by atoms with van der Waals surface area (Å²) in [7, 11) is -10.8. The SMILES string of the molecule is O=P([O-])([O-])[O-].O=P([O-])([O-])[O-].[Al+3].[La+3]. The van der Waals surface area contributed by atoms with E-state index in [1.165, 1.54) is 0 Å². The summed E-state index contributed by atoms with van der Waals surface area (Å²) in [6, 6.07) is 0. The van der Waals surface area contributed by atoms with Gasteiger partial charge in [0.2, 0.25) is 0 Å². The van der Waals surface area contributed by atoms with Gasteiger partial charge < -0.3 is 38.5 Å². The summed E-state index contributed by atoms with van der Waals surface area (Å²) in [5.41, 5.74) is 0. The van der Waals surface area contributed by atoms with Crippen LogP contribution >= 0.6 is 15.6 Å². The third-order valence-corrected chi connectivity index (χ3v) is 0. The molecule has 0 aromatic rings. The number of phosphoric acid groups is 2. The van der Waals surface area contributed by atoms with E-state index in [2.05, 4.69) is 0 Å². The van der Waals surface area contributed by atoms with Crippen molar-refractivity contribution in [1.82, 2.24) is 0 Å². The molecule has 0 atom stereocenters. The van der Waals surface area contributed by atoms with E-state index in [-0.39, 0.29) is 53.0 Å². The zero-order chi connectivity index (χ0) is 9.00. The molecule has 0 rings (SSSR count). The van der Waals surface area contributed by atoms with Crippen molar-refractivity contribution in [2.75, 3.05) is 0 Å². The van der Waals surface area contributed by atoms with Gasteiger partial charge in [0.25, 0.3) is 0 Å². The van der Waals surface area contributed by atoms with Crippen LogP contribution < -0.4 is 29.4 Å². The van der Waals surface area contributed by atoms with Crippen LogP contribution in [0, 0.1) is 35.6 Å². The topological polar surface area (TPSA) is 172 Å². The van der Waals surface area contributed by atoms with E-state index in [0.29, 0.717) is 0 Å². The predicted molar refractivity (Wildman–Crippen MR) is 21.0 cm³/mol. The Morgan fingerprint density at radius 2 is 0.667 bits per heavy atom. The van der Waals surface area contributed by atoms with Gasteiger partial charge in [0.05, 0.1) is 0 Å². The third-order valence-electron chi connectivity index (χ3n) is 0. The molecule has 0 spiro atoms. The average Bonchev–Trinajstić information content (AvgIpc) is 1.12. The summed E-state index contributed by atoms with van der Waals surface area (Å²) in [5, 5.41) is 0. The van der Waals surface area contributed by atoms with E-state index >= 15 is 0 Å². The smallest absolute Gasteiger partial charge is 0.822 e. The molecule has 64 valence electrons. The summed E-state index contributed by atoms with van der Waals surface area (Å²) in [6.45, 7) is 0. The van der Waals surface area contributed by atoms with Gasteiger partial charge in [-0.15, -0.1) is 0 Å². The average molecular weight is 356 g/mol. The monoisotopic (exact) mass is 356 g/mol. The van der Waals surface area contributed by atoms with Gasteiger partial charge in [-0.25, -0.2) is 0 Å². The number of rotatable bonds is 0. The summed E-state index contributed by atoms with van der Waals surface area (Å²) < 4.78 is 17.1. The van der Waals surface area contributed by atoms with E-state index in [0.717, 1.165) is 0 Å². The van der Waals surface area contributed by atoms with Gasteiger partial charge >= 0.3 is 53.0 Å². The first kappa shape index (κ1) is 23.6. The van der Waals surface area contributed by atoms with Crippen LogP contribution in [0.15, 0.2) is 0 Å². The Bertz CT molecular complexity index is 129. The molecule has 0 radical (unpaired) electrons. The molecular weight excluding hydrogens is 356 g/mol. The molecule has 0 unspecified atom stereocenters. The molecule has 0 N–H and O–H groups in total. The van der Waals surface area contributed by atoms with Crippen LogP contribution in [0.1, 0.15) is 0 Å². The van der Waals surface area contributed by atoms with E-state index in [1.807, 2.05) is 0 Å². The molecule has 8 nitrogen and oxygen atoms in total. The molecule has 0 aromatic heterocycles. The van der Waals surface area contributed by atoms with Crippen molar-refractivity contribution >= 4 is 33.0 Å². The molecule has 0 amide bonds. The van der Waals surface area contributed by atoms with Crippen molar-refractivity contribution in [3.05, 3.63) is 0 Å². The van der Waals surface area contributed by atoms with Gasteiger partial charge in [-0.3, -0.25) is 0 Å². The van der Waals surface area contributed by atoms with Crippen molar-refractivity contribution in [1.29, 1.82) is 0 Å². The summed E-state index contributed by atoms with van der Waals surface area (Å²) >= 11 is 0. The Morgan fingerprint density at radius 1 is 0.667 bits per heavy atom. The first-order chi connectivity index (χ1) is 4.00. The molecule has 0 aliphatic heterocycles. The predicted octanol–water partition coefficient (Wildman–Crippen LogP) is -6.03. The van der Waals surface area contributed by atoms with Gasteiger partial charge in [0.15, 0.2) is 0 Å². The molecule has 0 aliphatic rings. The Morgan fingerprint density at radius 3 is 0.667 bits per heavy atom. The zero-order valence-corrected chi connectivity index (χ0v) is 11.9. The molecule has 0 heterocycles. The molecule has 0 bridgehead atoms. The molecule has 0 saturated heterocycles. The first-order valence-electron chi connectivity index (χ1n) is 1.46. The molecule has 0 aliphatic carbocycles. The molecular formula is AlLaO8P2. The van der Waals surface area contributed by atoms with Gasteiger partial charge in [-0.05, 0) is 0 Å². The van der Waals surface area contributed by atoms with Crippen molar-refractivity contribution in [3.8, 4) is 0 Å². The van der Waals surface area contributed by atoms with E-state index in [9.17, 15) is 0 Å². The van der Waals surface area contributed by atoms with Crippen LogP contribution in [0.5, 0.6) is 0 Å². The zero-order valence-electron chi connectivity index (χ0n) is 5.32. The quantitative estimate of drug-likeness (QED) is 0.305. The van der Waals surface area contributed by atoms with Crippen LogP contribution in [0.25, 0.3) is 0 Å². The Labute approximate surface area is 106 Å². The molecule has 12 heteroatoms. The van der Waals surface area contributed by atoms with Gasteiger partial charge in [-0.2, -0.15) is 15.6 Å². The maximum Gasteiger partial charge on any atom is 3.00 e. The maximum atomic E-state index is 8.55. The van der Waals surface area contributed by atoms with Crippen molar-refractivity contribution in [3.63, 3.8) is 0 Å². The van der Waals surface area contributed by atoms with E-state index < -0.39 is 15.6 Å². The molecule has 0 saturated carbocycles. The second-order valence-corrected chi connectivity index (χ2v) is 2.68. The van der Waals surface area contributed by atoms with Crippen molar-refractivity contribution in [2.24, 2.45) is 0 Å². The van der Waals surface area contributed by atoms with Crippen molar-refractivity contribution in [2.45, 2.75) is 0 Å². The number of hydrogen-bond acceptors (Lipinski definition) is 8. The summed E-state index contributed by atoms with van der Waals surface area (Å²) in [6.07, 6.45) is 0.